The summed E-state index contributed by atoms with van der Waals surface area (Å²) >= 11 is 2.87. The summed E-state index contributed by atoms with van der Waals surface area (Å²) in [5, 5.41) is 16.6. The zero-order chi connectivity index (χ0) is 7.44. The first-order chi connectivity index (χ1) is 4.04. The van der Waals surface area contributed by atoms with Crippen LogP contribution in [-0.4, -0.2) is 10.6 Å². The molecule has 0 saturated carbocycles. The quantitative estimate of drug-likeness (QED) is 0.329. The highest BCUT2D eigenvalue weighted by Gasteiger charge is 2.01. The fraction of sp³-hybridized carbons (Fsp3) is 0.600. The van der Waals surface area contributed by atoms with E-state index in [-0.39, 0.29) is 10.7 Å². The van der Waals surface area contributed by atoms with Crippen LogP contribution in [0.4, 0.5) is 0 Å². The molecule has 52 valence electrons. The number of hydrogen-bond acceptors (Lipinski definition) is 2. The van der Waals surface area contributed by atoms with Crippen molar-refractivity contribution in [2.45, 2.75) is 13.8 Å². The van der Waals surface area contributed by atoms with Crippen LogP contribution in [0.15, 0.2) is 0 Å². The molecule has 0 aromatic rings. The van der Waals surface area contributed by atoms with Gasteiger partial charge in [0, 0.05) is 5.92 Å². The topological polar surface area (TPSA) is 59.7 Å². The van der Waals surface area contributed by atoms with Crippen molar-refractivity contribution in [1.82, 2.24) is 5.32 Å². The minimum absolute atomic E-state index is 0.140. The Morgan fingerprint density at radius 3 is 2.00 bits per heavy atom. The van der Waals surface area contributed by atoms with Crippen LogP contribution in [0.3, 0.4) is 0 Å². The lowest BCUT2D eigenvalue weighted by Crippen LogP contribution is -2.28. The SMILES string of the molecule is CC(C)C(=N)NC(=N)Br. The molecule has 0 aromatic carbocycles. The summed E-state index contributed by atoms with van der Waals surface area (Å²) in [6.07, 6.45) is 0. The van der Waals surface area contributed by atoms with Gasteiger partial charge in [-0.25, -0.2) is 0 Å². The van der Waals surface area contributed by atoms with Gasteiger partial charge in [0.1, 0.15) is 5.84 Å². The van der Waals surface area contributed by atoms with Crippen molar-refractivity contribution in [2.24, 2.45) is 5.92 Å². The van der Waals surface area contributed by atoms with Gasteiger partial charge in [-0.2, -0.15) is 0 Å². The lowest BCUT2D eigenvalue weighted by atomic mass is 10.2. The smallest absolute Gasteiger partial charge is 0.168 e. The normalized spacial score (nSPS) is 9.33. The first-order valence-electron chi connectivity index (χ1n) is 2.63. The molecule has 4 heteroatoms. The predicted octanol–water partition coefficient (Wildman–Crippen LogP) is 1.54. The van der Waals surface area contributed by atoms with E-state index in [0.29, 0.717) is 5.84 Å². The Bertz CT molecular complexity index is 130. The van der Waals surface area contributed by atoms with Gasteiger partial charge in [0.25, 0.3) is 0 Å². The average Bonchev–Trinajstić information content (AvgIpc) is 1.63. The number of rotatable bonds is 1. The lowest BCUT2D eigenvalue weighted by Gasteiger charge is -2.06. The van der Waals surface area contributed by atoms with Crippen molar-refractivity contribution in [3.05, 3.63) is 0 Å². The van der Waals surface area contributed by atoms with Gasteiger partial charge in [-0.05, 0) is 15.9 Å². The van der Waals surface area contributed by atoms with Crippen molar-refractivity contribution in [2.75, 3.05) is 0 Å². The first-order valence-corrected chi connectivity index (χ1v) is 3.43. The van der Waals surface area contributed by atoms with Gasteiger partial charge in [0.05, 0.1) is 0 Å². The Morgan fingerprint density at radius 2 is 1.89 bits per heavy atom. The molecule has 0 radical (unpaired) electrons. The third-order valence-electron chi connectivity index (χ3n) is 0.822. The third kappa shape index (κ3) is 4.14. The molecule has 0 heterocycles. The van der Waals surface area contributed by atoms with Gasteiger partial charge < -0.3 is 5.32 Å². The van der Waals surface area contributed by atoms with E-state index in [0.717, 1.165) is 0 Å². The molecule has 0 rings (SSSR count). The summed E-state index contributed by atoms with van der Waals surface area (Å²) in [6.45, 7) is 3.79. The summed E-state index contributed by atoms with van der Waals surface area (Å²) in [4.78, 5) is 0. The summed E-state index contributed by atoms with van der Waals surface area (Å²) in [5.41, 5.74) is 0. The number of halogens is 1. The van der Waals surface area contributed by atoms with E-state index in [9.17, 15) is 0 Å². The molecule has 0 aliphatic carbocycles. The van der Waals surface area contributed by atoms with Gasteiger partial charge in [-0.3, -0.25) is 10.8 Å². The Hall–Kier alpha value is -0.380. The van der Waals surface area contributed by atoms with Gasteiger partial charge in [0.15, 0.2) is 4.74 Å². The lowest BCUT2D eigenvalue weighted by molar-refractivity contribution is 0.848. The van der Waals surface area contributed by atoms with Crippen molar-refractivity contribution < 1.29 is 0 Å². The van der Waals surface area contributed by atoms with Crippen LogP contribution in [-0.2, 0) is 0 Å². The van der Waals surface area contributed by atoms with Crippen LogP contribution in [0.5, 0.6) is 0 Å². The Balaban J connectivity index is 3.64. The largest absolute Gasteiger partial charge is 0.323 e. The maximum absolute atomic E-state index is 7.19. The highest BCUT2D eigenvalue weighted by Crippen LogP contribution is 1.91. The average molecular weight is 192 g/mol. The van der Waals surface area contributed by atoms with E-state index in [1.807, 2.05) is 13.8 Å². The van der Waals surface area contributed by atoms with E-state index < -0.39 is 0 Å². The highest BCUT2D eigenvalue weighted by molar-refractivity contribution is 9.18. The fourth-order valence-corrected chi connectivity index (χ4v) is 0.476. The van der Waals surface area contributed by atoms with Crippen LogP contribution in [0.2, 0.25) is 0 Å². The van der Waals surface area contributed by atoms with Gasteiger partial charge in [-0.1, -0.05) is 13.8 Å². The molecular weight excluding hydrogens is 182 g/mol. The minimum atomic E-state index is 0.140. The molecule has 0 saturated heterocycles. The van der Waals surface area contributed by atoms with E-state index in [1.165, 1.54) is 0 Å². The fourth-order valence-electron chi connectivity index (χ4n) is 0.263. The van der Waals surface area contributed by atoms with Crippen molar-refractivity contribution in [1.29, 1.82) is 10.8 Å². The molecule has 0 fully saturated rings. The van der Waals surface area contributed by atoms with E-state index >= 15 is 0 Å². The maximum Gasteiger partial charge on any atom is 0.168 e. The zero-order valence-corrected chi connectivity index (χ0v) is 7.04. The molecule has 0 aromatic heterocycles. The molecule has 0 atom stereocenters. The van der Waals surface area contributed by atoms with E-state index in [4.69, 9.17) is 10.8 Å². The van der Waals surface area contributed by atoms with Gasteiger partial charge in [0.2, 0.25) is 0 Å². The third-order valence-corrected chi connectivity index (χ3v) is 1.02. The second-order valence-electron chi connectivity index (χ2n) is 2.01. The van der Waals surface area contributed by atoms with Crippen LogP contribution >= 0.6 is 15.9 Å². The Morgan fingerprint density at radius 1 is 1.44 bits per heavy atom. The van der Waals surface area contributed by atoms with Crippen LogP contribution in [0.1, 0.15) is 13.8 Å². The molecule has 0 aliphatic heterocycles. The van der Waals surface area contributed by atoms with E-state index in [1.54, 1.807) is 0 Å². The molecular formula is C5H10BrN3. The molecule has 0 unspecified atom stereocenters. The summed E-state index contributed by atoms with van der Waals surface area (Å²) in [7, 11) is 0. The second-order valence-corrected chi connectivity index (χ2v) is 2.80. The zero-order valence-electron chi connectivity index (χ0n) is 5.46. The second kappa shape index (κ2) is 3.61. The molecule has 3 nitrogen and oxygen atoms in total. The van der Waals surface area contributed by atoms with Crippen molar-refractivity contribution in [3.8, 4) is 0 Å². The van der Waals surface area contributed by atoms with Gasteiger partial charge in [-0.15, -0.1) is 0 Å². The number of amidine groups is 2. The number of nitrogens with one attached hydrogen (secondary N) is 3. The molecule has 0 amide bonds. The molecule has 3 N–H and O–H groups in total. The predicted molar refractivity (Wildman–Crippen MR) is 42.4 cm³/mol. The summed E-state index contributed by atoms with van der Waals surface area (Å²) in [5.74, 6) is 0.514. The Labute approximate surface area is 63.0 Å². The molecule has 0 bridgehead atoms. The van der Waals surface area contributed by atoms with Crippen LogP contribution in [0, 0.1) is 16.7 Å². The standard InChI is InChI=1S/C5H10BrN3/c1-3(2)4(7)9-5(6)8/h3H,1-2H3,(H3,7,8,9). The number of hydrogen-bond donors (Lipinski definition) is 3. The molecule has 9 heavy (non-hydrogen) atoms. The van der Waals surface area contributed by atoms with Gasteiger partial charge >= 0.3 is 0 Å². The Kier molecular flexibility index (Phi) is 3.46. The van der Waals surface area contributed by atoms with Crippen LogP contribution in [0.25, 0.3) is 0 Å². The summed E-state index contributed by atoms with van der Waals surface area (Å²) in [6, 6.07) is 0. The summed E-state index contributed by atoms with van der Waals surface area (Å²) < 4.78 is 0.140. The van der Waals surface area contributed by atoms with Crippen LogP contribution < -0.4 is 5.32 Å². The molecule has 0 spiro atoms. The maximum atomic E-state index is 7.19. The highest BCUT2D eigenvalue weighted by atomic mass is 79.9. The van der Waals surface area contributed by atoms with E-state index in [2.05, 4.69) is 21.2 Å². The molecule has 0 aliphatic rings. The minimum Gasteiger partial charge on any atom is -0.323 e. The van der Waals surface area contributed by atoms with Crippen molar-refractivity contribution >= 4 is 26.5 Å². The monoisotopic (exact) mass is 191 g/mol. The van der Waals surface area contributed by atoms with Crippen molar-refractivity contribution in [3.63, 3.8) is 0 Å². The first kappa shape index (κ1) is 8.62.